The number of hydrogen-bond donors (Lipinski definition) is 2. The highest BCUT2D eigenvalue weighted by atomic mass is 19.3. The van der Waals surface area contributed by atoms with Crippen LogP contribution in [-0.2, 0) is 6.54 Å². The van der Waals surface area contributed by atoms with Crippen LogP contribution in [0.4, 0.5) is 8.78 Å². The number of halogens is 2. The first-order chi connectivity index (χ1) is 9.11. The van der Waals surface area contributed by atoms with Crippen molar-refractivity contribution in [3.63, 3.8) is 0 Å². The Morgan fingerprint density at radius 2 is 1.95 bits per heavy atom. The Balaban J connectivity index is 1.93. The van der Waals surface area contributed by atoms with Gasteiger partial charge < -0.3 is 19.9 Å². The summed E-state index contributed by atoms with van der Waals surface area (Å²) in [5.74, 6) is -1.77. The molecule has 4 nitrogen and oxygen atoms in total. The molecule has 0 saturated carbocycles. The Morgan fingerprint density at radius 1 is 1.21 bits per heavy atom. The largest absolute Gasteiger partial charge is 0.490 e. The lowest BCUT2D eigenvalue weighted by atomic mass is 10.2. The van der Waals surface area contributed by atoms with E-state index in [9.17, 15) is 8.78 Å². The minimum atomic E-state index is -3.09. The Kier molecular flexibility index (Phi) is 4.55. The molecular formula is C13H17F2NO3. The van der Waals surface area contributed by atoms with Crippen LogP contribution in [0.15, 0.2) is 18.2 Å². The molecule has 0 bridgehead atoms. The Morgan fingerprint density at radius 3 is 2.68 bits per heavy atom. The zero-order valence-corrected chi connectivity index (χ0v) is 10.5. The number of aliphatic hydroxyl groups is 1. The Labute approximate surface area is 110 Å². The number of alkyl halides is 2. The maximum atomic E-state index is 12.8. The minimum absolute atomic E-state index is 0.284. The molecule has 0 aromatic heterocycles. The summed E-state index contributed by atoms with van der Waals surface area (Å²) >= 11 is 0. The summed E-state index contributed by atoms with van der Waals surface area (Å²) in [5.41, 5.74) is 0.831. The predicted octanol–water partition coefficient (Wildman–Crippen LogP) is 1.57. The van der Waals surface area contributed by atoms with Crippen LogP contribution >= 0.6 is 0 Å². The minimum Gasteiger partial charge on any atom is -0.490 e. The first kappa shape index (κ1) is 14.0. The van der Waals surface area contributed by atoms with E-state index in [2.05, 4.69) is 5.32 Å². The fraction of sp³-hybridized carbons (Fsp3) is 0.538. The van der Waals surface area contributed by atoms with E-state index in [-0.39, 0.29) is 6.54 Å². The number of benzene rings is 1. The van der Waals surface area contributed by atoms with E-state index in [1.165, 1.54) is 0 Å². The molecule has 1 aromatic rings. The Bertz CT molecular complexity index is 426. The van der Waals surface area contributed by atoms with Gasteiger partial charge in [-0.1, -0.05) is 6.07 Å². The summed E-state index contributed by atoms with van der Waals surface area (Å²) in [4.78, 5) is 0. The highest BCUT2D eigenvalue weighted by molar-refractivity contribution is 5.43. The molecule has 0 radical (unpaired) electrons. The summed E-state index contributed by atoms with van der Waals surface area (Å²) in [6.45, 7) is -0.217. The van der Waals surface area contributed by atoms with E-state index in [1.807, 2.05) is 0 Å². The van der Waals surface area contributed by atoms with E-state index in [0.29, 0.717) is 24.7 Å². The van der Waals surface area contributed by atoms with Gasteiger partial charge in [-0.25, -0.2) is 8.78 Å². The molecule has 2 N–H and O–H groups in total. The van der Waals surface area contributed by atoms with E-state index in [4.69, 9.17) is 14.6 Å². The van der Waals surface area contributed by atoms with E-state index in [0.717, 1.165) is 12.0 Å². The number of hydrogen-bond acceptors (Lipinski definition) is 4. The zero-order valence-electron chi connectivity index (χ0n) is 10.5. The highest BCUT2D eigenvalue weighted by Crippen LogP contribution is 2.30. The second kappa shape index (κ2) is 6.16. The van der Waals surface area contributed by atoms with Crippen LogP contribution in [0.1, 0.15) is 12.0 Å². The maximum absolute atomic E-state index is 12.8. The molecule has 0 atom stereocenters. The van der Waals surface area contributed by atoms with Gasteiger partial charge in [0.05, 0.1) is 19.8 Å². The number of rotatable bonds is 5. The smallest absolute Gasteiger partial charge is 0.282 e. The van der Waals surface area contributed by atoms with Crippen molar-refractivity contribution in [1.82, 2.24) is 5.32 Å². The standard InChI is InChI=1S/C13H17F2NO3/c14-13(15,9-17)8-16-7-10-2-3-11-12(6-10)19-5-1-4-18-11/h2-3,6,16-17H,1,4-5,7-9H2. The molecule has 1 aliphatic rings. The van der Waals surface area contributed by atoms with Crippen molar-refractivity contribution in [3.05, 3.63) is 23.8 Å². The summed E-state index contributed by atoms with van der Waals surface area (Å²) in [7, 11) is 0. The van der Waals surface area contributed by atoms with Crippen LogP contribution in [0, 0.1) is 0 Å². The molecule has 0 amide bonds. The lowest BCUT2D eigenvalue weighted by molar-refractivity contribution is -0.0477. The van der Waals surface area contributed by atoms with Gasteiger partial charge in [0, 0.05) is 13.0 Å². The lowest BCUT2D eigenvalue weighted by Gasteiger charge is -2.14. The molecule has 0 aliphatic carbocycles. The summed E-state index contributed by atoms with van der Waals surface area (Å²) in [6.07, 6.45) is 0.824. The number of aliphatic hydroxyl groups excluding tert-OH is 1. The van der Waals surface area contributed by atoms with E-state index >= 15 is 0 Å². The molecule has 1 heterocycles. The number of nitrogens with one attached hydrogen (secondary N) is 1. The second-order valence-electron chi connectivity index (χ2n) is 4.45. The van der Waals surface area contributed by atoms with Gasteiger partial charge in [-0.15, -0.1) is 0 Å². The first-order valence-corrected chi connectivity index (χ1v) is 6.19. The van der Waals surface area contributed by atoms with Crippen LogP contribution in [0.5, 0.6) is 11.5 Å². The van der Waals surface area contributed by atoms with Gasteiger partial charge in [0.15, 0.2) is 11.5 Å². The van der Waals surface area contributed by atoms with E-state index < -0.39 is 19.1 Å². The van der Waals surface area contributed by atoms with Crippen LogP contribution in [0.3, 0.4) is 0 Å². The third-order valence-corrected chi connectivity index (χ3v) is 2.76. The second-order valence-corrected chi connectivity index (χ2v) is 4.45. The molecule has 0 saturated heterocycles. The number of ether oxygens (including phenoxy) is 2. The molecular weight excluding hydrogens is 256 g/mol. The maximum Gasteiger partial charge on any atom is 0.282 e. The molecule has 0 spiro atoms. The molecule has 19 heavy (non-hydrogen) atoms. The van der Waals surface area contributed by atoms with E-state index in [1.54, 1.807) is 18.2 Å². The molecule has 6 heteroatoms. The third kappa shape index (κ3) is 4.04. The fourth-order valence-electron chi connectivity index (χ4n) is 1.76. The molecule has 0 unspecified atom stereocenters. The monoisotopic (exact) mass is 273 g/mol. The fourth-order valence-corrected chi connectivity index (χ4v) is 1.76. The van der Waals surface area contributed by atoms with Crippen molar-refractivity contribution in [3.8, 4) is 11.5 Å². The van der Waals surface area contributed by atoms with Gasteiger partial charge in [-0.2, -0.15) is 0 Å². The van der Waals surface area contributed by atoms with Gasteiger partial charge in [-0.05, 0) is 17.7 Å². The van der Waals surface area contributed by atoms with Crippen molar-refractivity contribution >= 4 is 0 Å². The predicted molar refractivity (Wildman–Crippen MR) is 65.8 cm³/mol. The van der Waals surface area contributed by atoms with Crippen LogP contribution in [0.2, 0.25) is 0 Å². The summed E-state index contributed by atoms with van der Waals surface area (Å²) in [5, 5.41) is 11.1. The van der Waals surface area contributed by atoms with Crippen molar-refractivity contribution in [2.45, 2.75) is 18.9 Å². The lowest BCUT2D eigenvalue weighted by Crippen LogP contribution is -2.35. The van der Waals surface area contributed by atoms with Gasteiger partial charge in [-0.3, -0.25) is 0 Å². The van der Waals surface area contributed by atoms with Crippen LogP contribution in [-0.4, -0.2) is 37.4 Å². The normalized spacial score (nSPS) is 15.1. The van der Waals surface area contributed by atoms with Crippen molar-refractivity contribution in [2.24, 2.45) is 0 Å². The molecule has 1 aliphatic heterocycles. The summed E-state index contributed by atoms with van der Waals surface area (Å²) in [6, 6.07) is 5.37. The van der Waals surface area contributed by atoms with Crippen molar-refractivity contribution < 1.29 is 23.4 Å². The quantitative estimate of drug-likeness (QED) is 0.855. The van der Waals surface area contributed by atoms with Gasteiger partial charge in [0.25, 0.3) is 5.92 Å². The molecule has 1 aromatic carbocycles. The SMILES string of the molecule is OCC(F)(F)CNCc1ccc2c(c1)OCCCO2. The molecule has 106 valence electrons. The average Bonchev–Trinajstić information content (AvgIpc) is 2.63. The van der Waals surface area contributed by atoms with Gasteiger partial charge >= 0.3 is 0 Å². The third-order valence-electron chi connectivity index (χ3n) is 2.76. The van der Waals surface area contributed by atoms with Crippen LogP contribution < -0.4 is 14.8 Å². The van der Waals surface area contributed by atoms with Crippen molar-refractivity contribution in [1.29, 1.82) is 0 Å². The van der Waals surface area contributed by atoms with Gasteiger partial charge in [0.1, 0.15) is 6.61 Å². The highest BCUT2D eigenvalue weighted by Gasteiger charge is 2.26. The van der Waals surface area contributed by atoms with Crippen molar-refractivity contribution in [2.75, 3.05) is 26.4 Å². The van der Waals surface area contributed by atoms with Gasteiger partial charge in [0.2, 0.25) is 0 Å². The zero-order chi connectivity index (χ0) is 13.7. The molecule has 0 fully saturated rings. The average molecular weight is 273 g/mol. The number of fused-ring (bicyclic) bond motifs is 1. The Hall–Kier alpha value is -1.40. The first-order valence-electron chi connectivity index (χ1n) is 6.19. The summed E-state index contributed by atoms with van der Waals surface area (Å²) < 4.78 is 36.6. The topological polar surface area (TPSA) is 50.7 Å². The van der Waals surface area contributed by atoms with Crippen LogP contribution in [0.25, 0.3) is 0 Å². The molecule has 2 rings (SSSR count).